The van der Waals surface area contributed by atoms with Crippen molar-refractivity contribution >= 4 is 21.7 Å². The van der Waals surface area contributed by atoms with Crippen LogP contribution in [0.25, 0.3) is 11.1 Å². The molecule has 0 aliphatic heterocycles. The summed E-state index contributed by atoms with van der Waals surface area (Å²) in [4.78, 5) is 0. The Bertz CT molecular complexity index is 546. The number of halogens is 1. The van der Waals surface area contributed by atoms with Crippen molar-refractivity contribution in [2.75, 3.05) is 5.73 Å². The van der Waals surface area contributed by atoms with E-state index in [-0.39, 0.29) is 0 Å². The summed E-state index contributed by atoms with van der Waals surface area (Å²) in [6.45, 7) is 0. The highest BCUT2D eigenvalue weighted by Gasteiger charge is 2.29. The molecule has 0 amide bonds. The van der Waals surface area contributed by atoms with E-state index in [4.69, 9.17) is 10.3 Å². The van der Waals surface area contributed by atoms with Gasteiger partial charge in [0, 0.05) is 16.0 Å². The SMILES string of the molecule is Nc1noc(C2CCC2)c1-c1ccccc1Br. The molecule has 0 bridgehead atoms. The molecule has 2 N–H and O–H groups in total. The number of anilines is 1. The Hall–Kier alpha value is -1.29. The van der Waals surface area contributed by atoms with E-state index in [0.29, 0.717) is 11.7 Å². The molecule has 1 aliphatic carbocycles. The molecule has 0 spiro atoms. The second-order valence-electron chi connectivity index (χ2n) is 4.41. The maximum Gasteiger partial charge on any atom is 0.175 e. The Morgan fingerprint density at radius 1 is 1.29 bits per heavy atom. The van der Waals surface area contributed by atoms with E-state index in [1.54, 1.807) is 0 Å². The standard InChI is InChI=1S/C13H13BrN2O/c14-10-7-2-1-6-9(10)11-12(8-4-3-5-8)17-16-13(11)15/h1-2,6-8H,3-5H2,(H2,15,16). The van der Waals surface area contributed by atoms with Crippen LogP contribution in [0.15, 0.2) is 33.3 Å². The Labute approximate surface area is 108 Å². The van der Waals surface area contributed by atoms with Crippen LogP contribution in [0, 0.1) is 0 Å². The highest BCUT2D eigenvalue weighted by molar-refractivity contribution is 9.10. The fourth-order valence-corrected chi connectivity index (χ4v) is 2.68. The van der Waals surface area contributed by atoms with Crippen LogP contribution in [0.1, 0.15) is 30.9 Å². The first kappa shape index (κ1) is 10.8. The van der Waals surface area contributed by atoms with Gasteiger partial charge in [0.05, 0.1) is 5.56 Å². The van der Waals surface area contributed by atoms with Crippen molar-refractivity contribution in [2.24, 2.45) is 0 Å². The van der Waals surface area contributed by atoms with Crippen LogP contribution in [0.4, 0.5) is 5.82 Å². The molecule has 88 valence electrons. The largest absolute Gasteiger partial charge is 0.380 e. The van der Waals surface area contributed by atoms with Crippen molar-refractivity contribution in [3.8, 4) is 11.1 Å². The van der Waals surface area contributed by atoms with Crippen molar-refractivity contribution in [1.82, 2.24) is 5.16 Å². The summed E-state index contributed by atoms with van der Waals surface area (Å²) in [5.41, 5.74) is 7.96. The lowest BCUT2D eigenvalue weighted by Gasteiger charge is -2.23. The molecule has 1 aromatic carbocycles. The van der Waals surface area contributed by atoms with Crippen LogP contribution in [0.5, 0.6) is 0 Å². The van der Waals surface area contributed by atoms with Crippen molar-refractivity contribution in [2.45, 2.75) is 25.2 Å². The summed E-state index contributed by atoms with van der Waals surface area (Å²) >= 11 is 3.55. The van der Waals surface area contributed by atoms with Crippen LogP contribution >= 0.6 is 15.9 Å². The quantitative estimate of drug-likeness (QED) is 0.912. The van der Waals surface area contributed by atoms with Crippen LogP contribution in [-0.2, 0) is 0 Å². The molecule has 1 saturated carbocycles. The first-order valence-corrected chi connectivity index (χ1v) is 6.56. The monoisotopic (exact) mass is 292 g/mol. The molecule has 3 nitrogen and oxygen atoms in total. The van der Waals surface area contributed by atoms with Crippen LogP contribution in [0.3, 0.4) is 0 Å². The van der Waals surface area contributed by atoms with Gasteiger partial charge in [-0.15, -0.1) is 0 Å². The zero-order chi connectivity index (χ0) is 11.8. The third-order valence-corrected chi connectivity index (χ3v) is 4.06. The molecule has 3 rings (SSSR count). The van der Waals surface area contributed by atoms with Gasteiger partial charge in [-0.3, -0.25) is 0 Å². The zero-order valence-electron chi connectivity index (χ0n) is 9.32. The van der Waals surface area contributed by atoms with Gasteiger partial charge < -0.3 is 10.3 Å². The summed E-state index contributed by atoms with van der Waals surface area (Å²) in [5.74, 6) is 1.92. The Morgan fingerprint density at radius 2 is 2.06 bits per heavy atom. The minimum Gasteiger partial charge on any atom is -0.380 e. The van der Waals surface area contributed by atoms with Crippen molar-refractivity contribution in [3.05, 3.63) is 34.5 Å². The van der Waals surface area contributed by atoms with Gasteiger partial charge in [0.25, 0.3) is 0 Å². The highest BCUT2D eigenvalue weighted by atomic mass is 79.9. The number of rotatable bonds is 2. The third kappa shape index (κ3) is 1.76. The highest BCUT2D eigenvalue weighted by Crippen LogP contribution is 2.44. The predicted molar refractivity (Wildman–Crippen MR) is 70.6 cm³/mol. The predicted octanol–water partition coefficient (Wildman–Crippen LogP) is 3.95. The van der Waals surface area contributed by atoms with E-state index >= 15 is 0 Å². The van der Waals surface area contributed by atoms with E-state index in [0.717, 1.165) is 21.4 Å². The Kier molecular flexibility index (Phi) is 2.67. The van der Waals surface area contributed by atoms with Gasteiger partial charge in [-0.25, -0.2) is 0 Å². The van der Waals surface area contributed by atoms with Crippen molar-refractivity contribution in [3.63, 3.8) is 0 Å². The first-order valence-electron chi connectivity index (χ1n) is 5.77. The lowest BCUT2D eigenvalue weighted by Crippen LogP contribution is -2.09. The van der Waals surface area contributed by atoms with E-state index in [1.807, 2.05) is 24.3 Å². The summed E-state index contributed by atoms with van der Waals surface area (Å²) in [5, 5.41) is 3.92. The molecule has 1 aromatic heterocycles. The Balaban J connectivity index is 2.13. The average molecular weight is 293 g/mol. The minimum absolute atomic E-state index is 0.485. The molecule has 1 heterocycles. The van der Waals surface area contributed by atoms with Gasteiger partial charge in [0.15, 0.2) is 5.82 Å². The molecule has 0 saturated heterocycles. The molecule has 2 aromatic rings. The number of aromatic nitrogens is 1. The van der Waals surface area contributed by atoms with Crippen molar-refractivity contribution in [1.29, 1.82) is 0 Å². The minimum atomic E-state index is 0.485. The third-order valence-electron chi connectivity index (χ3n) is 3.36. The molecular weight excluding hydrogens is 280 g/mol. The van der Waals surface area contributed by atoms with E-state index in [1.165, 1.54) is 19.3 Å². The lowest BCUT2D eigenvalue weighted by molar-refractivity contribution is 0.302. The summed E-state index contributed by atoms with van der Waals surface area (Å²) < 4.78 is 6.44. The topological polar surface area (TPSA) is 52.0 Å². The fourth-order valence-electron chi connectivity index (χ4n) is 2.20. The number of nitrogen functional groups attached to an aromatic ring is 1. The molecular formula is C13H13BrN2O. The number of nitrogens with zero attached hydrogens (tertiary/aromatic N) is 1. The van der Waals surface area contributed by atoms with Gasteiger partial charge >= 0.3 is 0 Å². The molecule has 17 heavy (non-hydrogen) atoms. The molecule has 1 fully saturated rings. The van der Waals surface area contributed by atoms with Crippen molar-refractivity contribution < 1.29 is 4.52 Å². The summed E-state index contributed by atoms with van der Waals surface area (Å²) in [6.07, 6.45) is 3.61. The van der Waals surface area contributed by atoms with Gasteiger partial charge in [0.1, 0.15) is 5.76 Å². The molecule has 0 radical (unpaired) electrons. The van der Waals surface area contributed by atoms with Gasteiger partial charge in [0.2, 0.25) is 0 Å². The second kappa shape index (κ2) is 4.18. The smallest absolute Gasteiger partial charge is 0.175 e. The number of hydrogen-bond acceptors (Lipinski definition) is 3. The van der Waals surface area contributed by atoms with Gasteiger partial charge in [-0.2, -0.15) is 0 Å². The van der Waals surface area contributed by atoms with Crippen LogP contribution in [-0.4, -0.2) is 5.16 Å². The summed E-state index contributed by atoms with van der Waals surface area (Å²) in [7, 11) is 0. The van der Waals surface area contributed by atoms with Crippen LogP contribution in [0.2, 0.25) is 0 Å². The number of nitrogens with two attached hydrogens (primary N) is 1. The molecule has 4 heteroatoms. The molecule has 0 atom stereocenters. The second-order valence-corrected chi connectivity index (χ2v) is 5.27. The summed E-state index contributed by atoms with van der Waals surface area (Å²) in [6, 6.07) is 8.03. The maximum absolute atomic E-state index is 5.93. The normalized spacial score (nSPS) is 15.8. The Morgan fingerprint density at radius 3 is 2.71 bits per heavy atom. The first-order chi connectivity index (χ1) is 8.27. The molecule has 1 aliphatic rings. The van der Waals surface area contributed by atoms with Gasteiger partial charge in [-0.05, 0) is 18.9 Å². The lowest BCUT2D eigenvalue weighted by atomic mass is 9.81. The van der Waals surface area contributed by atoms with E-state index in [9.17, 15) is 0 Å². The van der Waals surface area contributed by atoms with Crippen LogP contribution < -0.4 is 5.73 Å². The number of benzene rings is 1. The van der Waals surface area contributed by atoms with E-state index < -0.39 is 0 Å². The average Bonchev–Trinajstić information content (AvgIpc) is 2.59. The maximum atomic E-state index is 5.93. The molecule has 0 unspecified atom stereocenters. The fraction of sp³-hybridized carbons (Fsp3) is 0.308. The number of hydrogen-bond donors (Lipinski definition) is 1. The van der Waals surface area contributed by atoms with Gasteiger partial charge in [-0.1, -0.05) is 45.7 Å². The van der Waals surface area contributed by atoms with E-state index in [2.05, 4.69) is 21.1 Å². The zero-order valence-corrected chi connectivity index (χ0v) is 10.9.